The Labute approximate surface area is 143 Å². The van der Waals surface area contributed by atoms with E-state index in [1.807, 2.05) is 6.07 Å². The molecule has 1 unspecified atom stereocenters. The summed E-state index contributed by atoms with van der Waals surface area (Å²) >= 11 is 0. The van der Waals surface area contributed by atoms with Gasteiger partial charge in [0.25, 0.3) is 5.91 Å². The summed E-state index contributed by atoms with van der Waals surface area (Å²) in [5.41, 5.74) is 4.06. The van der Waals surface area contributed by atoms with Crippen LogP contribution in [-0.2, 0) is 11.8 Å². The van der Waals surface area contributed by atoms with Crippen molar-refractivity contribution in [3.8, 4) is 0 Å². The monoisotopic (exact) mass is 325 g/mol. The van der Waals surface area contributed by atoms with Crippen molar-refractivity contribution in [2.24, 2.45) is 5.92 Å². The molecule has 1 atom stereocenters. The third kappa shape index (κ3) is 3.50. The van der Waals surface area contributed by atoms with E-state index in [0.717, 1.165) is 18.5 Å². The van der Waals surface area contributed by atoms with Gasteiger partial charge in [0, 0.05) is 11.3 Å². The molecule has 0 fully saturated rings. The molecule has 2 nitrogen and oxygen atoms in total. The molecule has 24 heavy (non-hydrogen) atoms. The predicted octanol–water partition coefficient (Wildman–Crippen LogP) is 5.33. The van der Waals surface area contributed by atoms with Gasteiger partial charge in [0.15, 0.2) is 0 Å². The Hall–Kier alpha value is -2.16. The van der Waals surface area contributed by atoms with Gasteiger partial charge in [-0.25, -0.2) is 4.39 Å². The van der Waals surface area contributed by atoms with Gasteiger partial charge in [-0.2, -0.15) is 0 Å². The van der Waals surface area contributed by atoms with Crippen molar-refractivity contribution in [2.75, 3.05) is 5.32 Å². The Morgan fingerprint density at radius 3 is 2.58 bits per heavy atom. The molecule has 0 aliphatic heterocycles. The molecule has 0 saturated heterocycles. The average molecular weight is 325 g/mol. The molecule has 1 N–H and O–H groups in total. The zero-order valence-electron chi connectivity index (χ0n) is 14.5. The molecule has 0 bridgehead atoms. The van der Waals surface area contributed by atoms with Gasteiger partial charge in [-0.05, 0) is 78.1 Å². The number of carbonyl (C=O) groups is 1. The summed E-state index contributed by atoms with van der Waals surface area (Å²) in [6, 6.07) is 11.8. The number of hydrogen-bond acceptors (Lipinski definition) is 1. The van der Waals surface area contributed by atoms with Crippen LogP contribution in [0.15, 0.2) is 42.5 Å². The number of halogens is 1. The van der Waals surface area contributed by atoms with Crippen molar-refractivity contribution in [3.05, 3.63) is 65.0 Å². The second-order valence-electron chi connectivity index (χ2n) is 7.56. The molecule has 0 saturated carbocycles. The van der Waals surface area contributed by atoms with Crippen molar-refractivity contribution in [3.63, 3.8) is 0 Å². The van der Waals surface area contributed by atoms with Crippen molar-refractivity contribution < 1.29 is 9.18 Å². The lowest BCUT2D eigenvalue weighted by molar-refractivity contribution is 0.102. The van der Waals surface area contributed by atoms with Crippen molar-refractivity contribution in [2.45, 2.75) is 45.4 Å². The van der Waals surface area contributed by atoms with Crippen LogP contribution >= 0.6 is 0 Å². The molecule has 1 aliphatic rings. The fourth-order valence-corrected chi connectivity index (χ4v) is 3.79. The third-order valence-electron chi connectivity index (χ3n) is 4.97. The van der Waals surface area contributed by atoms with Gasteiger partial charge in [0.05, 0.1) is 0 Å². The van der Waals surface area contributed by atoms with Gasteiger partial charge >= 0.3 is 0 Å². The summed E-state index contributed by atoms with van der Waals surface area (Å²) < 4.78 is 13.0. The molecule has 3 heteroatoms. The van der Waals surface area contributed by atoms with E-state index in [0.29, 0.717) is 11.5 Å². The van der Waals surface area contributed by atoms with Gasteiger partial charge in [-0.15, -0.1) is 0 Å². The van der Waals surface area contributed by atoms with E-state index < -0.39 is 0 Å². The first-order valence-electron chi connectivity index (χ1n) is 8.55. The van der Waals surface area contributed by atoms with Crippen LogP contribution in [0.25, 0.3) is 0 Å². The van der Waals surface area contributed by atoms with E-state index in [1.54, 1.807) is 0 Å². The average Bonchev–Trinajstić information content (AvgIpc) is 2.64. The molecule has 0 radical (unpaired) electrons. The van der Waals surface area contributed by atoms with Crippen molar-refractivity contribution in [1.82, 2.24) is 0 Å². The second-order valence-corrected chi connectivity index (χ2v) is 7.56. The summed E-state index contributed by atoms with van der Waals surface area (Å²) in [7, 11) is 0. The number of carbonyl (C=O) groups excluding carboxylic acids is 1. The van der Waals surface area contributed by atoms with Gasteiger partial charge in [0.2, 0.25) is 0 Å². The largest absolute Gasteiger partial charge is 0.322 e. The Morgan fingerprint density at radius 1 is 1.17 bits per heavy atom. The third-order valence-corrected chi connectivity index (χ3v) is 4.97. The molecule has 126 valence electrons. The normalized spacial score (nSPS) is 19.2. The number of aryl methyl sites for hydroxylation is 1. The van der Waals surface area contributed by atoms with E-state index in [2.05, 4.69) is 38.2 Å². The van der Waals surface area contributed by atoms with Crippen LogP contribution in [0.2, 0.25) is 0 Å². The zero-order chi connectivity index (χ0) is 17.3. The number of rotatable bonds is 2. The molecule has 0 spiro atoms. The highest BCUT2D eigenvalue weighted by Gasteiger charge is 2.29. The standard InChI is InChI=1S/C21H24FNO/c1-14-4-5-15-8-11-18(12-19(15)21(2,3)13-14)23-20(24)16-6-9-17(22)10-7-16/h6-12,14H,4-5,13H2,1-3H3,(H,23,24). The fourth-order valence-electron chi connectivity index (χ4n) is 3.79. The van der Waals surface area contributed by atoms with E-state index in [-0.39, 0.29) is 17.1 Å². The summed E-state index contributed by atoms with van der Waals surface area (Å²) in [6.45, 7) is 6.86. The minimum absolute atomic E-state index is 0.0991. The highest BCUT2D eigenvalue weighted by atomic mass is 19.1. The minimum atomic E-state index is -0.340. The van der Waals surface area contributed by atoms with Crippen LogP contribution in [0.4, 0.5) is 10.1 Å². The first-order valence-corrected chi connectivity index (χ1v) is 8.55. The van der Waals surface area contributed by atoms with Crippen molar-refractivity contribution >= 4 is 11.6 Å². The van der Waals surface area contributed by atoms with Gasteiger partial charge in [-0.3, -0.25) is 4.79 Å². The van der Waals surface area contributed by atoms with Gasteiger partial charge in [-0.1, -0.05) is 26.8 Å². The maximum atomic E-state index is 13.0. The quantitative estimate of drug-likeness (QED) is 0.743. The summed E-state index contributed by atoms with van der Waals surface area (Å²) in [4.78, 5) is 12.3. The summed E-state index contributed by atoms with van der Waals surface area (Å²) in [6.07, 6.45) is 3.44. The lowest BCUT2D eigenvalue weighted by Gasteiger charge is -2.28. The molecule has 2 aromatic carbocycles. The molecule has 0 aromatic heterocycles. The molecule has 3 rings (SSSR count). The second kappa shape index (κ2) is 6.39. The van der Waals surface area contributed by atoms with Crippen LogP contribution < -0.4 is 5.32 Å². The lowest BCUT2D eigenvalue weighted by Crippen LogP contribution is -2.20. The zero-order valence-corrected chi connectivity index (χ0v) is 14.5. The number of anilines is 1. The first kappa shape index (κ1) is 16.7. The Bertz CT molecular complexity index is 749. The van der Waals surface area contributed by atoms with Crippen LogP contribution in [0.3, 0.4) is 0 Å². The van der Waals surface area contributed by atoms with Gasteiger partial charge in [0.1, 0.15) is 5.82 Å². The van der Waals surface area contributed by atoms with Crippen molar-refractivity contribution in [1.29, 1.82) is 0 Å². The van der Waals surface area contributed by atoms with E-state index in [4.69, 9.17) is 0 Å². The highest BCUT2D eigenvalue weighted by Crippen LogP contribution is 2.39. The van der Waals surface area contributed by atoms with E-state index >= 15 is 0 Å². The highest BCUT2D eigenvalue weighted by molar-refractivity contribution is 6.04. The molecular formula is C21H24FNO. The molecule has 1 amide bonds. The smallest absolute Gasteiger partial charge is 0.255 e. The SMILES string of the molecule is CC1CCc2ccc(NC(=O)c3ccc(F)cc3)cc2C(C)(C)C1. The number of hydrogen-bond donors (Lipinski definition) is 1. The minimum Gasteiger partial charge on any atom is -0.322 e. The molecular weight excluding hydrogens is 301 g/mol. The fraction of sp³-hybridized carbons (Fsp3) is 0.381. The number of fused-ring (bicyclic) bond motifs is 1. The number of amides is 1. The van der Waals surface area contributed by atoms with Crippen LogP contribution in [0, 0.1) is 11.7 Å². The van der Waals surface area contributed by atoms with Crippen LogP contribution in [0.5, 0.6) is 0 Å². The van der Waals surface area contributed by atoms with E-state index in [9.17, 15) is 9.18 Å². The maximum absolute atomic E-state index is 13.0. The lowest BCUT2D eigenvalue weighted by atomic mass is 9.77. The van der Waals surface area contributed by atoms with Crippen LogP contribution in [-0.4, -0.2) is 5.91 Å². The molecule has 1 aliphatic carbocycles. The van der Waals surface area contributed by atoms with Gasteiger partial charge < -0.3 is 5.32 Å². The van der Waals surface area contributed by atoms with Crippen LogP contribution in [0.1, 0.15) is 55.1 Å². The first-order chi connectivity index (χ1) is 11.3. The molecule has 0 heterocycles. The summed E-state index contributed by atoms with van der Waals surface area (Å²) in [5, 5.41) is 2.94. The maximum Gasteiger partial charge on any atom is 0.255 e. The Kier molecular flexibility index (Phi) is 4.44. The summed E-state index contributed by atoms with van der Waals surface area (Å²) in [5.74, 6) is 0.145. The number of nitrogens with one attached hydrogen (secondary N) is 1. The Morgan fingerprint density at radius 2 is 1.88 bits per heavy atom. The predicted molar refractivity (Wildman–Crippen MR) is 95.9 cm³/mol. The number of benzene rings is 2. The van der Waals surface area contributed by atoms with E-state index in [1.165, 1.54) is 41.8 Å². The Balaban J connectivity index is 1.86. The molecule has 2 aromatic rings. The topological polar surface area (TPSA) is 29.1 Å².